The normalized spacial score (nSPS) is 18.0. The molecule has 1 heterocycles. The third kappa shape index (κ3) is 8.14. The molecule has 0 spiro atoms. The van der Waals surface area contributed by atoms with Crippen LogP contribution in [0.1, 0.15) is 0 Å². The Labute approximate surface area is 59.8 Å². The van der Waals surface area contributed by atoms with Crippen LogP contribution in [0.2, 0.25) is 13.1 Å². The summed E-state index contributed by atoms with van der Waals surface area (Å²) in [5.74, 6) is 0. The smallest absolute Gasteiger partial charge is 0.0591 e. The first kappa shape index (κ1) is 9.14. The minimum Gasteiger partial charge on any atom is -0.379 e. The van der Waals surface area contributed by atoms with Gasteiger partial charge in [-0.15, -0.1) is 0 Å². The van der Waals surface area contributed by atoms with Gasteiger partial charge in [-0.1, -0.05) is 13.1 Å². The van der Waals surface area contributed by atoms with Gasteiger partial charge in [0.1, 0.15) is 0 Å². The zero-order chi connectivity index (χ0) is 6.95. The van der Waals surface area contributed by atoms with E-state index in [4.69, 9.17) is 4.74 Å². The van der Waals surface area contributed by atoms with Gasteiger partial charge in [-0.25, -0.2) is 0 Å². The van der Waals surface area contributed by atoms with Crippen molar-refractivity contribution in [3.8, 4) is 0 Å². The van der Waals surface area contributed by atoms with Gasteiger partial charge in [0.05, 0.1) is 13.2 Å². The summed E-state index contributed by atoms with van der Waals surface area (Å²) in [5.41, 5.74) is 0. The highest BCUT2D eigenvalue weighted by atomic mass is 28.2. The number of ether oxygens (including phenoxy) is 1. The van der Waals surface area contributed by atoms with Crippen LogP contribution >= 0.6 is 0 Å². The van der Waals surface area contributed by atoms with Crippen LogP contribution in [-0.2, 0) is 4.74 Å². The molecule has 1 saturated heterocycles. The summed E-state index contributed by atoms with van der Waals surface area (Å²) >= 11 is 0. The van der Waals surface area contributed by atoms with Crippen LogP contribution in [0.15, 0.2) is 0 Å². The zero-order valence-corrected chi connectivity index (χ0v) is 7.86. The van der Waals surface area contributed by atoms with Crippen molar-refractivity contribution >= 4 is 9.52 Å². The predicted octanol–water partition coefficient (Wildman–Crippen LogP) is -0.142. The standard InChI is InChI=1S/C4H9NO.C2H8Si/c1-3-6-4-2-5-1;1-3-2/h5H,1-4H2;3H2,1-2H3. The van der Waals surface area contributed by atoms with Crippen LogP contribution < -0.4 is 5.32 Å². The molecule has 0 aliphatic carbocycles. The molecule has 2 nitrogen and oxygen atoms in total. The molecule has 0 bridgehead atoms. The van der Waals surface area contributed by atoms with Crippen LogP contribution in [0, 0.1) is 0 Å². The lowest BCUT2D eigenvalue weighted by Crippen LogP contribution is -2.30. The Morgan fingerprint density at radius 1 is 1.22 bits per heavy atom. The maximum atomic E-state index is 5.01. The maximum Gasteiger partial charge on any atom is 0.0591 e. The van der Waals surface area contributed by atoms with Gasteiger partial charge in [-0.2, -0.15) is 0 Å². The van der Waals surface area contributed by atoms with Gasteiger partial charge in [0, 0.05) is 22.6 Å². The molecule has 0 amide bonds. The Balaban J connectivity index is 0.000000187. The first-order valence-corrected chi connectivity index (χ1v) is 6.53. The van der Waals surface area contributed by atoms with E-state index in [2.05, 4.69) is 18.4 Å². The first-order valence-electron chi connectivity index (χ1n) is 3.70. The Kier molecular flexibility index (Phi) is 8.26. The fourth-order valence-electron chi connectivity index (χ4n) is 0.516. The third-order valence-corrected chi connectivity index (χ3v) is 0.846. The molecule has 1 N–H and O–H groups in total. The highest BCUT2D eigenvalue weighted by Crippen LogP contribution is 1.76. The van der Waals surface area contributed by atoms with E-state index in [1.165, 1.54) is 0 Å². The summed E-state index contributed by atoms with van der Waals surface area (Å²) in [6, 6.07) is 0. The number of hydrogen-bond acceptors (Lipinski definition) is 2. The Morgan fingerprint density at radius 3 is 1.78 bits per heavy atom. The molecule has 1 fully saturated rings. The topological polar surface area (TPSA) is 21.3 Å². The van der Waals surface area contributed by atoms with Crippen molar-refractivity contribution < 1.29 is 4.74 Å². The van der Waals surface area contributed by atoms with E-state index < -0.39 is 0 Å². The molecule has 0 saturated carbocycles. The Hall–Kier alpha value is 0.137. The molecule has 0 aromatic carbocycles. The monoisotopic (exact) mass is 147 g/mol. The van der Waals surface area contributed by atoms with E-state index in [9.17, 15) is 0 Å². The second-order valence-corrected chi connectivity index (χ2v) is 3.48. The lowest BCUT2D eigenvalue weighted by Gasteiger charge is -2.10. The molecule has 3 heteroatoms. The van der Waals surface area contributed by atoms with Gasteiger partial charge < -0.3 is 10.1 Å². The van der Waals surface area contributed by atoms with Crippen LogP contribution in [0.5, 0.6) is 0 Å². The highest BCUT2D eigenvalue weighted by Gasteiger charge is 1.92. The van der Waals surface area contributed by atoms with E-state index in [0.717, 1.165) is 26.3 Å². The van der Waals surface area contributed by atoms with E-state index in [1.54, 1.807) is 0 Å². The molecule has 1 aliphatic rings. The predicted molar refractivity (Wildman–Crippen MR) is 44.0 cm³/mol. The molecule has 0 aromatic heterocycles. The van der Waals surface area contributed by atoms with E-state index >= 15 is 0 Å². The number of nitrogens with one attached hydrogen (secondary N) is 1. The average Bonchev–Trinajstić information content (AvgIpc) is 1.93. The van der Waals surface area contributed by atoms with Crippen LogP contribution in [0.3, 0.4) is 0 Å². The van der Waals surface area contributed by atoms with Gasteiger partial charge >= 0.3 is 0 Å². The second-order valence-electron chi connectivity index (χ2n) is 2.07. The summed E-state index contributed by atoms with van der Waals surface area (Å²) in [4.78, 5) is 0. The average molecular weight is 147 g/mol. The molecular formula is C6H17NOSi. The SMILES string of the molecule is C1COCCN1.C[SiH2]C. The maximum absolute atomic E-state index is 5.01. The largest absolute Gasteiger partial charge is 0.379 e. The van der Waals surface area contributed by atoms with Gasteiger partial charge in [-0.05, 0) is 0 Å². The van der Waals surface area contributed by atoms with Gasteiger partial charge in [0.15, 0.2) is 0 Å². The van der Waals surface area contributed by atoms with Crippen molar-refractivity contribution in [2.75, 3.05) is 26.3 Å². The third-order valence-electron chi connectivity index (χ3n) is 0.846. The zero-order valence-electron chi connectivity index (χ0n) is 6.44. The summed E-state index contributed by atoms with van der Waals surface area (Å²) in [5, 5.41) is 3.16. The fourth-order valence-corrected chi connectivity index (χ4v) is 0.516. The molecule has 1 aliphatic heterocycles. The van der Waals surface area contributed by atoms with E-state index in [0.29, 0.717) is 9.52 Å². The minimum absolute atomic E-state index is 0.417. The second kappa shape index (κ2) is 8.14. The van der Waals surface area contributed by atoms with Gasteiger partial charge in [0.2, 0.25) is 0 Å². The molecule has 0 unspecified atom stereocenters. The minimum atomic E-state index is 0.417. The molecule has 0 aromatic rings. The Morgan fingerprint density at radius 2 is 1.67 bits per heavy atom. The number of rotatable bonds is 0. The van der Waals surface area contributed by atoms with E-state index in [1.807, 2.05) is 0 Å². The summed E-state index contributed by atoms with van der Waals surface area (Å²) in [6.45, 7) is 8.36. The van der Waals surface area contributed by atoms with Crippen LogP contribution in [-0.4, -0.2) is 35.8 Å². The van der Waals surface area contributed by atoms with Crippen LogP contribution in [0.4, 0.5) is 0 Å². The van der Waals surface area contributed by atoms with Crippen molar-refractivity contribution in [1.29, 1.82) is 0 Å². The van der Waals surface area contributed by atoms with Crippen molar-refractivity contribution in [2.24, 2.45) is 0 Å². The lowest BCUT2D eigenvalue weighted by molar-refractivity contribution is 0.109. The number of morpholine rings is 1. The van der Waals surface area contributed by atoms with E-state index in [-0.39, 0.29) is 0 Å². The molecule has 1 rings (SSSR count). The van der Waals surface area contributed by atoms with Crippen molar-refractivity contribution in [3.05, 3.63) is 0 Å². The van der Waals surface area contributed by atoms with Crippen molar-refractivity contribution in [1.82, 2.24) is 5.32 Å². The Bertz CT molecular complexity index is 36.8. The molecular weight excluding hydrogens is 130 g/mol. The fraction of sp³-hybridized carbons (Fsp3) is 1.00. The molecule has 0 radical (unpaired) electrons. The quantitative estimate of drug-likeness (QED) is 0.481. The summed E-state index contributed by atoms with van der Waals surface area (Å²) < 4.78 is 5.01. The highest BCUT2D eigenvalue weighted by molar-refractivity contribution is 6.31. The molecule has 56 valence electrons. The van der Waals surface area contributed by atoms with Gasteiger partial charge in [0.25, 0.3) is 0 Å². The molecule has 0 atom stereocenters. The van der Waals surface area contributed by atoms with Crippen molar-refractivity contribution in [2.45, 2.75) is 13.1 Å². The van der Waals surface area contributed by atoms with Gasteiger partial charge in [-0.3, -0.25) is 0 Å². The molecule has 9 heavy (non-hydrogen) atoms. The summed E-state index contributed by atoms with van der Waals surface area (Å²) in [6.07, 6.45) is 0. The first-order chi connectivity index (χ1) is 4.41. The number of hydrogen-bond donors (Lipinski definition) is 1. The summed E-state index contributed by atoms with van der Waals surface area (Å²) in [7, 11) is 0.417. The van der Waals surface area contributed by atoms with Crippen molar-refractivity contribution in [3.63, 3.8) is 0 Å². The lowest BCUT2D eigenvalue weighted by atomic mass is 10.5. The van der Waals surface area contributed by atoms with Crippen LogP contribution in [0.25, 0.3) is 0 Å².